The van der Waals surface area contributed by atoms with Gasteiger partial charge in [-0.2, -0.15) is 0 Å². The van der Waals surface area contributed by atoms with Crippen molar-refractivity contribution in [1.82, 2.24) is 9.80 Å². The van der Waals surface area contributed by atoms with Crippen molar-refractivity contribution in [3.63, 3.8) is 0 Å². The molecule has 0 bridgehead atoms. The van der Waals surface area contributed by atoms with Crippen LogP contribution < -0.4 is 9.64 Å². The van der Waals surface area contributed by atoms with Crippen LogP contribution in [0.25, 0.3) is 0 Å². The highest BCUT2D eigenvalue weighted by atomic mass is 32.2. The first-order valence-electron chi connectivity index (χ1n) is 12.4. The molecular weight excluding hydrogens is 514 g/mol. The van der Waals surface area contributed by atoms with E-state index in [0.717, 1.165) is 31.4 Å². The van der Waals surface area contributed by atoms with Crippen LogP contribution in [0.15, 0.2) is 60.0 Å². The van der Waals surface area contributed by atoms with Crippen LogP contribution in [0.3, 0.4) is 0 Å². The highest BCUT2D eigenvalue weighted by Crippen LogP contribution is 2.38. The van der Waals surface area contributed by atoms with Crippen LogP contribution in [0.5, 0.6) is 5.75 Å². The number of allylic oxidation sites excluding steroid dienone is 4. The summed E-state index contributed by atoms with van der Waals surface area (Å²) in [5, 5.41) is 0.257. The second kappa shape index (κ2) is 13.0. The SMILES string of the molecule is CCCCN1C(=O)C(=C/C=C/C=C2\Oc3ccccc3N2CCCS(=O)(=O)[O-])C(=O)N(CCCC)C1=S. The predicted octanol–water partition coefficient (Wildman–Crippen LogP) is 3.70. The van der Waals surface area contributed by atoms with Crippen LogP contribution in [-0.2, 0) is 19.7 Å². The number of anilines is 1. The van der Waals surface area contributed by atoms with E-state index in [2.05, 4.69) is 0 Å². The van der Waals surface area contributed by atoms with E-state index in [1.54, 1.807) is 29.2 Å². The molecule has 2 amide bonds. The van der Waals surface area contributed by atoms with Crippen LogP contribution in [0.4, 0.5) is 5.69 Å². The molecule has 0 N–H and O–H groups in total. The molecule has 1 fully saturated rings. The molecule has 2 aliphatic heterocycles. The summed E-state index contributed by atoms with van der Waals surface area (Å²) in [4.78, 5) is 31.0. The summed E-state index contributed by atoms with van der Waals surface area (Å²) < 4.78 is 39.0. The summed E-state index contributed by atoms with van der Waals surface area (Å²) in [6.45, 7) is 5.23. The number of carbonyl (C=O) groups is 2. The second-order valence-electron chi connectivity index (χ2n) is 8.71. The summed E-state index contributed by atoms with van der Waals surface area (Å²) in [5.74, 6) is -0.238. The van der Waals surface area contributed by atoms with Gasteiger partial charge in [0.05, 0.1) is 15.8 Å². The van der Waals surface area contributed by atoms with E-state index in [0.29, 0.717) is 24.7 Å². The zero-order valence-electron chi connectivity index (χ0n) is 21.1. The Labute approximate surface area is 223 Å². The molecule has 1 saturated heterocycles. The van der Waals surface area contributed by atoms with E-state index in [9.17, 15) is 22.6 Å². The van der Waals surface area contributed by atoms with Crippen LogP contribution in [-0.4, -0.2) is 65.1 Å². The molecular formula is C26H32N3O6S2-. The summed E-state index contributed by atoms with van der Waals surface area (Å²) in [6, 6.07) is 7.28. The lowest BCUT2D eigenvalue weighted by Gasteiger charge is -2.36. The maximum Gasteiger partial charge on any atom is 0.265 e. The van der Waals surface area contributed by atoms with Gasteiger partial charge in [-0.25, -0.2) is 8.42 Å². The van der Waals surface area contributed by atoms with Gasteiger partial charge in [0.1, 0.15) is 5.57 Å². The van der Waals surface area contributed by atoms with Crippen molar-refractivity contribution in [3.05, 3.63) is 60.0 Å². The van der Waals surface area contributed by atoms with E-state index in [-0.39, 0.29) is 23.7 Å². The minimum atomic E-state index is -4.32. The van der Waals surface area contributed by atoms with Crippen molar-refractivity contribution in [3.8, 4) is 5.75 Å². The Hall–Kier alpha value is -3.02. The molecule has 37 heavy (non-hydrogen) atoms. The standard InChI is InChI=1S/C26H33N3O6S2/c1-3-5-16-28-24(30)20(25(31)29(26(28)36)17-6-4-2)12-7-10-15-23-27(18-11-19-37(32,33)34)21-13-8-9-14-22(21)35-23/h7-10,12-15H,3-6,11,16-19H2,1-2H3,(H,32,33,34)/p-1/b10-7+,23-15-. The van der Waals surface area contributed by atoms with Gasteiger partial charge in [-0.05, 0) is 55.8 Å². The molecule has 0 aliphatic carbocycles. The van der Waals surface area contributed by atoms with Gasteiger partial charge in [-0.3, -0.25) is 19.4 Å². The number of fused-ring (bicyclic) bond motifs is 1. The minimum Gasteiger partial charge on any atom is -0.748 e. The number of benzene rings is 1. The van der Waals surface area contributed by atoms with Crippen molar-refractivity contribution in [1.29, 1.82) is 0 Å². The van der Waals surface area contributed by atoms with Crippen molar-refractivity contribution < 1.29 is 27.3 Å². The number of thiocarbonyl (C=S) groups is 1. The number of rotatable bonds is 12. The molecule has 200 valence electrons. The number of unbranched alkanes of at least 4 members (excludes halogenated alkanes) is 2. The monoisotopic (exact) mass is 546 g/mol. The quantitative estimate of drug-likeness (QED) is 0.169. The lowest BCUT2D eigenvalue weighted by Crippen LogP contribution is -2.56. The van der Waals surface area contributed by atoms with Gasteiger partial charge in [0.2, 0.25) is 5.88 Å². The minimum absolute atomic E-state index is 0.0450. The number of amides is 2. The Balaban J connectivity index is 1.81. The Bertz CT molecular complexity index is 1190. The van der Waals surface area contributed by atoms with Gasteiger partial charge in [0.25, 0.3) is 11.8 Å². The number of nitrogens with zero attached hydrogens (tertiary/aromatic N) is 3. The van der Waals surface area contributed by atoms with Crippen LogP contribution in [0, 0.1) is 0 Å². The fraction of sp³-hybridized carbons (Fsp3) is 0.423. The van der Waals surface area contributed by atoms with Gasteiger partial charge < -0.3 is 14.2 Å². The topological polar surface area (TPSA) is 110 Å². The zero-order valence-corrected chi connectivity index (χ0v) is 22.7. The smallest absolute Gasteiger partial charge is 0.265 e. The third-order valence-electron chi connectivity index (χ3n) is 5.91. The summed E-state index contributed by atoms with van der Waals surface area (Å²) in [6.07, 6.45) is 9.85. The molecule has 0 aromatic heterocycles. The highest BCUT2D eigenvalue weighted by Gasteiger charge is 2.38. The summed E-state index contributed by atoms with van der Waals surface area (Å²) >= 11 is 5.47. The van der Waals surface area contributed by atoms with Crippen molar-refractivity contribution >= 4 is 45.0 Å². The predicted molar refractivity (Wildman–Crippen MR) is 145 cm³/mol. The van der Waals surface area contributed by atoms with E-state index >= 15 is 0 Å². The van der Waals surface area contributed by atoms with Gasteiger partial charge in [0, 0.05) is 25.4 Å². The van der Waals surface area contributed by atoms with Crippen molar-refractivity contribution in [2.24, 2.45) is 0 Å². The molecule has 9 nitrogen and oxygen atoms in total. The van der Waals surface area contributed by atoms with Crippen molar-refractivity contribution in [2.45, 2.75) is 46.0 Å². The fourth-order valence-corrected chi connectivity index (χ4v) is 4.80. The third-order valence-corrected chi connectivity index (χ3v) is 7.14. The number of hydrogen-bond donors (Lipinski definition) is 0. The maximum atomic E-state index is 13.1. The van der Waals surface area contributed by atoms with E-state index in [4.69, 9.17) is 17.0 Å². The Morgan fingerprint density at radius 3 is 2.05 bits per heavy atom. The number of carbonyl (C=O) groups excluding carboxylic acids is 2. The Kier molecular flexibility index (Phi) is 10.0. The molecule has 0 saturated carbocycles. The third kappa shape index (κ3) is 7.27. The molecule has 1 aromatic carbocycles. The molecule has 0 spiro atoms. The van der Waals surface area contributed by atoms with Crippen LogP contribution in [0.2, 0.25) is 0 Å². The lowest BCUT2D eigenvalue weighted by molar-refractivity contribution is -0.133. The first kappa shape index (κ1) is 28.5. The molecule has 2 aliphatic rings. The highest BCUT2D eigenvalue weighted by molar-refractivity contribution is 7.85. The van der Waals surface area contributed by atoms with Gasteiger partial charge in [0.15, 0.2) is 10.9 Å². The molecule has 0 unspecified atom stereocenters. The average molecular weight is 547 g/mol. The first-order chi connectivity index (χ1) is 17.7. The zero-order chi connectivity index (χ0) is 27.0. The fourth-order valence-electron chi connectivity index (χ4n) is 3.97. The molecule has 0 radical (unpaired) electrons. The lowest BCUT2D eigenvalue weighted by atomic mass is 10.1. The largest absolute Gasteiger partial charge is 0.748 e. The Morgan fingerprint density at radius 1 is 0.892 bits per heavy atom. The Morgan fingerprint density at radius 2 is 1.46 bits per heavy atom. The molecule has 11 heteroatoms. The molecule has 0 atom stereocenters. The number of ether oxygens (including phenoxy) is 1. The first-order valence-corrected chi connectivity index (χ1v) is 14.4. The van der Waals surface area contributed by atoms with Gasteiger partial charge >= 0.3 is 0 Å². The average Bonchev–Trinajstić information content (AvgIpc) is 3.20. The van der Waals surface area contributed by atoms with E-state index < -0.39 is 27.7 Å². The van der Waals surface area contributed by atoms with Gasteiger partial charge in [-0.1, -0.05) is 51.0 Å². The normalized spacial score (nSPS) is 17.3. The molecule has 2 heterocycles. The molecule has 1 aromatic rings. The van der Waals surface area contributed by atoms with Crippen LogP contribution in [0.1, 0.15) is 46.0 Å². The van der Waals surface area contributed by atoms with Crippen molar-refractivity contribution in [2.75, 3.05) is 30.3 Å². The summed E-state index contributed by atoms with van der Waals surface area (Å²) in [5.41, 5.74) is 0.802. The second-order valence-corrected chi connectivity index (χ2v) is 10.6. The van der Waals surface area contributed by atoms with E-state index in [1.165, 1.54) is 15.9 Å². The maximum absolute atomic E-state index is 13.1. The van der Waals surface area contributed by atoms with Crippen LogP contribution >= 0.6 is 12.2 Å². The van der Waals surface area contributed by atoms with Gasteiger partial charge in [-0.15, -0.1) is 0 Å². The number of para-hydroxylation sites is 2. The summed E-state index contributed by atoms with van der Waals surface area (Å²) in [7, 11) is -4.32. The van der Waals surface area contributed by atoms with E-state index in [1.807, 2.05) is 32.0 Å². The number of hydrogen-bond acceptors (Lipinski definition) is 8. The molecule has 3 rings (SSSR count).